The maximum absolute atomic E-state index is 11.8. The quantitative estimate of drug-likeness (QED) is 0.663. The lowest BCUT2D eigenvalue weighted by molar-refractivity contribution is -0.140. The second-order valence-corrected chi connectivity index (χ2v) is 4.27. The van der Waals surface area contributed by atoms with Crippen LogP contribution in [0.15, 0.2) is 11.4 Å². The molecule has 0 aromatic carbocycles. The molecular formula is C10H12N2O5S. The van der Waals surface area contributed by atoms with Crippen LogP contribution >= 0.6 is 11.3 Å². The van der Waals surface area contributed by atoms with E-state index in [2.05, 4.69) is 5.32 Å². The van der Waals surface area contributed by atoms with Crippen LogP contribution in [-0.2, 0) is 9.59 Å². The molecule has 18 heavy (non-hydrogen) atoms. The number of nitrogens with two attached hydrogens (primary N) is 1. The van der Waals surface area contributed by atoms with Gasteiger partial charge < -0.3 is 20.9 Å². The molecule has 1 aromatic rings. The molecule has 2 amide bonds. The minimum atomic E-state index is -1.35. The number of carboxylic acid groups (broad SMARTS) is 1. The van der Waals surface area contributed by atoms with Crippen LogP contribution in [0.1, 0.15) is 16.1 Å². The van der Waals surface area contributed by atoms with Crippen molar-refractivity contribution in [1.29, 1.82) is 0 Å². The van der Waals surface area contributed by atoms with Crippen LogP contribution < -0.4 is 15.8 Å². The summed E-state index contributed by atoms with van der Waals surface area (Å²) in [5, 5.41) is 12.7. The van der Waals surface area contributed by atoms with Gasteiger partial charge in [0, 0.05) is 0 Å². The summed E-state index contributed by atoms with van der Waals surface area (Å²) in [6, 6.07) is 0.241. The average molecular weight is 272 g/mol. The van der Waals surface area contributed by atoms with E-state index in [1.807, 2.05) is 0 Å². The van der Waals surface area contributed by atoms with Gasteiger partial charge in [0.05, 0.1) is 13.5 Å². The van der Waals surface area contributed by atoms with Gasteiger partial charge in [0.1, 0.15) is 16.7 Å². The lowest BCUT2D eigenvalue weighted by atomic mass is 10.2. The molecule has 4 N–H and O–H groups in total. The van der Waals surface area contributed by atoms with E-state index in [4.69, 9.17) is 15.6 Å². The fraction of sp³-hybridized carbons (Fsp3) is 0.300. The number of ether oxygens (including phenoxy) is 1. The minimum Gasteiger partial charge on any atom is -0.495 e. The molecule has 0 aliphatic rings. The number of carbonyl (C=O) groups is 3. The first-order valence-corrected chi connectivity index (χ1v) is 5.77. The number of thiophene rings is 1. The molecule has 1 rings (SSSR count). The van der Waals surface area contributed by atoms with Crippen molar-refractivity contribution in [2.75, 3.05) is 7.11 Å². The predicted octanol–water partition coefficient (Wildman–Crippen LogP) is -0.185. The van der Waals surface area contributed by atoms with Gasteiger partial charge in [-0.15, -0.1) is 11.3 Å². The molecule has 0 radical (unpaired) electrons. The normalized spacial score (nSPS) is 11.6. The molecule has 0 aliphatic heterocycles. The number of primary amides is 1. The number of aliphatic carboxylic acids is 1. The highest BCUT2D eigenvalue weighted by molar-refractivity contribution is 7.12. The number of nitrogens with one attached hydrogen (secondary N) is 1. The first-order valence-electron chi connectivity index (χ1n) is 4.89. The Bertz CT molecular complexity index is 471. The van der Waals surface area contributed by atoms with Crippen molar-refractivity contribution in [3.05, 3.63) is 16.3 Å². The lowest BCUT2D eigenvalue weighted by Crippen LogP contribution is -2.43. The third kappa shape index (κ3) is 3.45. The van der Waals surface area contributed by atoms with E-state index >= 15 is 0 Å². The van der Waals surface area contributed by atoms with Crippen LogP contribution in [0, 0.1) is 0 Å². The van der Waals surface area contributed by atoms with Crippen LogP contribution in [0.25, 0.3) is 0 Å². The molecule has 0 bridgehead atoms. The summed E-state index contributed by atoms with van der Waals surface area (Å²) in [5.74, 6) is -2.39. The summed E-state index contributed by atoms with van der Waals surface area (Å²) in [4.78, 5) is 33.6. The smallest absolute Gasteiger partial charge is 0.326 e. The van der Waals surface area contributed by atoms with Crippen LogP contribution in [0.4, 0.5) is 0 Å². The second kappa shape index (κ2) is 6.01. The highest BCUT2D eigenvalue weighted by atomic mass is 32.1. The van der Waals surface area contributed by atoms with Crippen LogP contribution in [0.2, 0.25) is 0 Å². The summed E-state index contributed by atoms with van der Waals surface area (Å²) in [6.07, 6.45) is -0.464. The predicted molar refractivity (Wildman–Crippen MR) is 63.6 cm³/mol. The standard InChI is InChI=1S/C10H12N2O5S/c1-17-6-2-3-18-8(6)9(14)12-5(10(15)16)4-7(11)13/h2-3,5H,4H2,1H3,(H2,11,13)(H,12,14)(H,15,16)/t5-/m1/s1. The Morgan fingerprint density at radius 1 is 1.56 bits per heavy atom. The first kappa shape index (κ1) is 14.0. The Morgan fingerprint density at radius 3 is 2.72 bits per heavy atom. The van der Waals surface area contributed by atoms with Crippen LogP contribution in [0.3, 0.4) is 0 Å². The van der Waals surface area contributed by atoms with E-state index in [1.54, 1.807) is 11.4 Å². The van der Waals surface area contributed by atoms with Gasteiger partial charge in [-0.25, -0.2) is 4.79 Å². The number of amides is 2. The zero-order valence-electron chi connectivity index (χ0n) is 9.50. The van der Waals surface area contributed by atoms with Crippen molar-refractivity contribution in [2.45, 2.75) is 12.5 Å². The fourth-order valence-electron chi connectivity index (χ4n) is 1.25. The van der Waals surface area contributed by atoms with Crippen LogP contribution in [0.5, 0.6) is 5.75 Å². The number of rotatable bonds is 6. The van der Waals surface area contributed by atoms with Gasteiger partial charge in [-0.3, -0.25) is 9.59 Å². The molecule has 1 atom stereocenters. The van der Waals surface area contributed by atoms with Gasteiger partial charge in [-0.1, -0.05) is 0 Å². The molecule has 7 nitrogen and oxygen atoms in total. The average Bonchev–Trinajstić information content (AvgIpc) is 2.75. The minimum absolute atomic E-state index is 0.244. The van der Waals surface area contributed by atoms with E-state index in [0.717, 1.165) is 11.3 Å². The Morgan fingerprint density at radius 2 is 2.22 bits per heavy atom. The third-order valence-electron chi connectivity index (χ3n) is 2.06. The summed E-state index contributed by atoms with van der Waals surface area (Å²) >= 11 is 1.11. The van der Waals surface area contributed by atoms with Crippen molar-refractivity contribution in [2.24, 2.45) is 5.73 Å². The number of carboxylic acids is 1. The van der Waals surface area contributed by atoms with Gasteiger partial charge in [0.2, 0.25) is 5.91 Å². The molecule has 0 spiro atoms. The molecule has 0 saturated heterocycles. The highest BCUT2D eigenvalue weighted by Gasteiger charge is 2.24. The zero-order valence-corrected chi connectivity index (χ0v) is 10.3. The largest absolute Gasteiger partial charge is 0.495 e. The molecule has 0 aliphatic carbocycles. The summed E-state index contributed by atoms with van der Waals surface area (Å²) < 4.78 is 4.94. The number of methoxy groups -OCH3 is 1. The van der Waals surface area contributed by atoms with E-state index in [1.165, 1.54) is 7.11 Å². The lowest BCUT2D eigenvalue weighted by Gasteiger charge is -2.12. The maximum Gasteiger partial charge on any atom is 0.326 e. The van der Waals surface area contributed by atoms with Crippen molar-refractivity contribution in [3.8, 4) is 5.75 Å². The molecular weight excluding hydrogens is 260 g/mol. The second-order valence-electron chi connectivity index (χ2n) is 3.35. The Kier molecular flexibility index (Phi) is 4.67. The number of carbonyl (C=O) groups excluding carboxylic acids is 2. The highest BCUT2D eigenvalue weighted by Crippen LogP contribution is 2.24. The number of hydrogen-bond acceptors (Lipinski definition) is 5. The molecule has 0 fully saturated rings. The number of hydrogen-bond donors (Lipinski definition) is 3. The first-order chi connectivity index (χ1) is 8.45. The van der Waals surface area contributed by atoms with Crippen molar-refractivity contribution in [1.82, 2.24) is 5.32 Å². The molecule has 1 heterocycles. The summed E-state index contributed by atoms with van der Waals surface area (Å²) in [7, 11) is 1.40. The molecule has 8 heteroatoms. The van der Waals surface area contributed by atoms with Gasteiger partial charge in [0.25, 0.3) is 5.91 Å². The Labute approximate surface area is 107 Å². The topological polar surface area (TPSA) is 119 Å². The zero-order chi connectivity index (χ0) is 13.7. The van der Waals surface area contributed by atoms with Gasteiger partial charge in [0.15, 0.2) is 0 Å². The Balaban J connectivity index is 2.78. The Hall–Kier alpha value is -2.09. The van der Waals surface area contributed by atoms with E-state index in [0.29, 0.717) is 5.75 Å². The van der Waals surface area contributed by atoms with Crippen molar-refractivity contribution < 1.29 is 24.2 Å². The van der Waals surface area contributed by atoms with E-state index < -0.39 is 30.2 Å². The van der Waals surface area contributed by atoms with Gasteiger partial charge >= 0.3 is 5.97 Å². The van der Waals surface area contributed by atoms with Gasteiger partial charge in [-0.2, -0.15) is 0 Å². The SMILES string of the molecule is COc1ccsc1C(=O)N[C@H](CC(N)=O)C(=O)O. The maximum atomic E-state index is 11.8. The fourth-order valence-corrected chi connectivity index (χ4v) is 2.01. The summed E-state index contributed by atoms with van der Waals surface area (Å²) in [5.41, 5.74) is 4.91. The van der Waals surface area contributed by atoms with Crippen LogP contribution in [-0.4, -0.2) is 36.0 Å². The van der Waals surface area contributed by atoms with E-state index in [-0.39, 0.29) is 4.88 Å². The molecule has 0 saturated carbocycles. The van der Waals surface area contributed by atoms with Crippen molar-refractivity contribution >= 4 is 29.1 Å². The summed E-state index contributed by atoms with van der Waals surface area (Å²) in [6.45, 7) is 0. The third-order valence-corrected chi connectivity index (χ3v) is 2.96. The van der Waals surface area contributed by atoms with E-state index in [9.17, 15) is 14.4 Å². The monoisotopic (exact) mass is 272 g/mol. The molecule has 98 valence electrons. The molecule has 1 aromatic heterocycles. The van der Waals surface area contributed by atoms with Crippen molar-refractivity contribution in [3.63, 3.8) is 0 Å². The van der Waals surface area contributed by atoms with Gasteiger partial charge in [-0.05, 0) is 11.4 Å². The molecule has 0 unspecified atom stereocenters.